The number of piperidine rings is 1. The van der Waals surface area contributed by atoms with E-state index in [4.69, 9.17) is 10.8 Å². The van der Waals surface area contributed by atoms with Crippen molar-refractivity contribution in [1.29, 1.82) is 0 Å². The van der Waals surface area contributed by atoms with Gasteiger partial charge >= 0.3 is 5.97 Å². The molecule has 0 aromatic rings. The summed E-state index contributed by atoms with van der Waals surface area (Å²) in [5.41, 5.74) is 5.61. The third kappa shape index (κ3) is 1.28. The Labute approximate surface area is 81.9 Å². The van der Waals surface area contributed by atoms with Crippen molar-refractivity contribution in [3.63, 3.8) is 0 Å². The van der Waals surface area contributed by atoms with Crippen LogP contribution in [0.4, 0.5) is 0 Å². The SMILES string of the molecule is N[C@H]1C[C@@H](C(=O)O)C2CCCN2C1=O. The summed E-state index contributed by atoms with van der Waals surface area (Å²) in [5, 5.41) is 9.00. The molecular weight excluding hydrogens is 184 g/mol. The number of nitrogens with zero attached hydrogens (tertiary/aromatic N) is 1. The van der Waals surface area contributed by atoms with Gasteiger partial charge in [-0.1, -0.05) is 0 Å². The molecule has 3 atom stereocenters. The minimum Gasteiger partial charge on any atom is -0.481 e. The van der Waals surface area contributed by atoms with Gasteiger partial charge in [-0.25, -0.2) is 0 Å². The van der Waals surface area contributed by atoms with Crippen LogP contribution in [0.2, 0.25) is 0 Å². The molecule has 2 rings (SSSR count). The number of carboxylic acid groups (broad SMARTS) is 1. The van der Waals surface area contributed by atoms with Gasteiger partial charge in [0.05, 0.1) is 12.0 Å². The van der Waals surface area contributed by atoms with Crippen molar-refractivity contribution in [2.75, 3.05) is 6.54 Å². The molecule has 2 aliphatic rings. The molecule has 2 saturated heterocycles. The van der Waals surface area contributed by atoms with Crippen molar-refractivity contribution in [3.05, 3.63) is 0 Å². The van der Waals surface area contributed by atoms with Gasteiger partial charge in [-0.15, -0.1) is 0 Å². The van der Waals surface area contributed by atoms with Crippen LogP contribution >= 0.6 is 0 Å². The molecule has 0 aliphatic carbocycles. The van der Waals surface area contributed by atoms with Gasteiger partial charge in [0.25, 0.3) is 0 Å². The van der Waals surface area contributed by atoms with Crippen molar-refractivity contribution < 1.29 is 14.7 Å². The molecule has 1 amide bonds. The molecule has 5 nitrogen and oxygen atoms in total. The van der Waals surface area contributed by atoms with Gasteiger partial charge in [0.1, 0.15) is 0 Å². The van der Waals surface area contributed by atoms with Crippen LogP contribution in [0.1, 0.15) is 19.3 Å². The van der Waals surface area contributed by atoms with Crippen LogP contribution in [-0.4, -0.2) is 40.5 Å². The monoisotopic (exact) mass is 198 g/mol. The van der Waals surface area contributed by atoms with Crippen LogP contribution in [0.15, 0.2) is 0 Å². The molecule has 0 spiro atoms. The van der Waals surface area contributed by atoms with E-state index in [2.05, 4.69) is 0 Å². The van der Waals surface area contributed by atoms with Gasteiger partial charge in [0, 0.05) is 12.6 Å². The average Bonchev–Trinajstić information content (AvgIpc) is 2.59. The maximum absolute atomic E-state index is 11.6. The third-order valence-corrected chi connectivity index (χ3v) is 3.19. The highest BCUT2D eigenvalue weighted by Crippen LogP contribution is 2.32. The molecule has 0 aromatic carbocycles. The molecule has 0 saturated carbocycles. The summed E-state index contributed by atoms with van der Waals surface area (Å²) in [6, 6.07) is -0.731. The van der Waals surface area contributed by atoms with E-state index in [1.165, 1.54) is 0 Å². The molecule has 2 fully saturated rings. The van der Waals surface area contributed by atoms with Gasteiger partial charge in [0.2, 0.25) is 5.91 Å². The molecule has 5 heteroatoms. The number of aliphatic carboxylic acids is 1. The molecule has 0 aromatic heterocycles. The summed E-state index contributed by atoms with van der Waals surface area (Å²) < 4.78 is 0. The summed E-state index contributed by atoms with van der Waals surface area (Å²) >= 11 is 0. The molecule has 14 heavy (non-hydrogen) atoms. The fourth-order valence-electron chi connectivity index (χ4n) is 2.49. The van der Waals surface area contributed by atoms with Gasteiger partial charge in [-0.05, 0) is 19.3 Å². The number of carbonyl (C=O) groups is 2. The Hall–Kier alpha value is -1.10. The standard InChI is InChI=1S/C9H14N2O3/c10-6-4-5(9(13)14)7-2-1-3-11(7)8(6)12/h5-7H,1-4,10H2,(H,13,14)/t5-,6+,7?/m1/s1. The van der Waals surface area contributed by atoms with E-state index in [0.717, 1.165) is 12.8 Å². The number of hydrogen-bond donors (Lipinski definition) is 2. The van der Waals surface area contributed by atoms with Crippen molar-refractivity contribution in [3.8, 4) is 0 Å². The Morgan fingerprint density at radius 1 is 1.57 bits per heavy atom. The van der Waals surface area contributed by atoms with Crippen LogP contribution in [-0.2, 0) is 9.59 Å². The number of carboxylic acids is 1. The Balaban J connectivity index is 2.22. The third-order valence-electron chi connectivity index (χ3n) is 3.19. The fraction of sp³-hybridized carbons (Fsp3) is 0.778. The minimum absolute atomic E-state index is 0.0787. The lowest BCUT2D eigenvalue weighted by atomic mass is 9.87. The zero-order chi connectivity index (χ0) is 10.3. The first-order valence-corrected chi connectivity index (χ1v) is 4.90. The number of carbonyl (C=O) groups excluding carboxylic acids is 1. The maximum atomic E-state index is 11.6. The van der Waals surface area contributed by atoms with Crippen LogP contribution in [0, 0.1) is 5.92 Å². The Bertz CT molecular complexity index is 279. The number of hydrogen-bond acceptors (Lipinski definition) is 3. The number of nitrogens with two attached hydrogens (primary N) is 1. The molecule has 2 heterocycles. The highest BCUT2D eigenvalue weighted by Gasteiger charge is 2.45. The zero-order valence-electron chi connectivity index (χ0n) is 7.85. The second-order valence-corrected chi connectivity index (χ2v) is 4.03. The minimum atomic E-state index is -0.829. The van der Waals surface area contributed by atoms with Crippen molar-refractivity contribution in [1.82, 2.24) is 4.90 Å². The van der Waals surface area contributed by atoms with E-state index < -0.39 is 17.9 Å². The molecule has 78 valence electrons. The van der Waals surface area contributed by atoms with Crippen LogP contribution in [0.3, 0.4) is 0 Å². The van der Waals surface area contributed by atoms with Crippen molar-refractivity contribution >= 4 is 11.9 Å². The second-order valence-electron chi connectivity index (χ2n) is 4.03. The lowest BCUT2D eigenvalue weighted by Crippen LogP contribution is -2.56. The van der Waals surface area contributed by atoms with Gasteiger partial charge in [-0.2, -0.15) is 0 Å². The van der Waals surface area contributed by atoms with Crippen LogP contribution < -0.4 is 5.73 Å². The molecular formula is C9H14N2O3. The quantitative estimate of drug-likeness (QED) is 0.590. The molecule has 1 unspecified atom stereocenters. The Morgan fingerprint density at radius 3 is 2.93 bits per heavy atom. The predicted molar refractivity (Wildman–Crippen MR) is 48.5 cm³/mol. The first-order valence-electron chi connectivity index (χ1n) is 4.90. The largest absolute Gasteiger partial charge is 0.481 e. The Kier molecular flexibility index (Phi) is 2.19. The normalized spacial score (nSPS) is 37.1. The van der Waals surface area contributed by atoms with Crippen molar-refractivity contribution in [2.24, 2.45) is 11.7 Å². The van der Waals surface area contributed by atoms with Crippen molar-refractivity contribution in [2.45, 2.75) is 31.3 Å². The van der Waals surface area contributed by atoms with Gasteiger partial charge < -0.3 is 15.7 Å². The number of fused-ring (bicyclic) bond motifs is 1. The van der Waals surface area contributed by atoms with E-state index in [9.17, 15) is 9.59 Å². The fourth-order valence-corrected chi connectivity index (χ4v) is 2.49. The number of rotatable bonds is 1. The first-order chi connectivity index (χ1) is 6.61. The van der Waals surface area contributed by atoms with Crippen LogP contribution in [0.25, 0.3) is 0 Å². The Morgan fingerprint density at radius 2 is 2.29 bits per heavy atom. The zero-order valence-corrected chi connectivity index (χ0v) is 7.85. The number of amides is 1. The molecule has 3 N–H and O–H groups in total. The van der Waals surface area contributed by atoms with Crippen LogP contribution in [0.5, 0.6) is 0 Å². The van der Waals surface area contributed by atoms with E-state index in [1.54, 1.807) is 4.90 Å². The maximum Gasteiger partial charge on any atom is 0.308 e. The van der Waals surface area contributed by atoms with E-state index in [-0.39, 0.29) is 18.4 Å². The first kappa shape index (κ1) is 9.45. The van der Waals surface area contributed by atoms with Gasteiger partial charge in [-0.3, -0.25) is 9.59 Å². The van der Waals surface area contributed by atoms with Gasteiger partial charge in [0.15, 0.2) is 0 Å². The average molecular weight is 198 g/mol. The summed E-state index contributed by atoms with van der Waals surface area (Å²) in [6.07, 6.45) is 1.98. The second kappa shape index (κ2) is 3.24. The summed E-state index contributed by atoms with van der Waals surface area (Å²) in [6.45, 7) is 0.668. The summed E-state index contributed by atoms with van der Waals surface area (Å²) in [4.78, 5) is 24.2. The highest BCUT2D eigenvalue weighted by molar-refractivity contribution is 5.86. The predicted octanol–water partition coefficient (Wildman–Crippen LogP) is -0.591. The topological polar surface area (TPSA) is 83.6 Å². The lowest BCUT2D eigenvalue weighted by Gasteiger charge is -2.37. The summed E-state index contributed by atoms with van der Waals surface area (Å²) in [7, 11) is 0. The smallest absolute Gasteiger partial charge is 0.308 e. The summed E-state index contributed by atoms with van der Waals surface area (Å²) in [5.74, 6) is -1.37. The van der Waals surface area contributed by atoms with E-state index in [1.807, 2.05) is 0 Å². The molecule has 0 bridgehead atoms. The lowest BCUT2D eigenvalue weighted by molar-refractivity contribution is -0.151. The highest BCUT2D eigenvalue weighted by atomic mass is 16.4. The van der Waals surface area contributed by atoms with E-state index >= 15 is 0 Å². The molecule has 2 aliphatic heterocycles. The van der Waals surface area contributed by atoms with E-state index in [0.29, 0.717) is 6.54 Å². The molecule has 0 radical (unpaired) electrons.